The number of piperidine rings is 1. The standard InChI is InChI=1S/C43H39ClFN3O5/c1-43-33(40(51)48(42(43)53)26-11-15-35(45)34(44)21-26)22-32-30(38(43)29-14-16-36(49)28-10-6-5-9-27(28)29)12-13-31-37(32)41(52)47(39(31)50)25-17-19-46(20-18-25)23-24-7-3-2-4-8-24/h2-12,14-16,21,25,31-33,37-38,49H,13,17-20,22-23H2,1H3. The molecule has 10 heteroatoms. The summed E-state index contributed by atoms with van der Waals surface area (Å²) in [6, 6.07) is 24.7. The summed E-state index contributed by atoms with van der Waals surface area (Å²) in [5.41, 5.74) is 1.76. The summed E-state index contributed by atoms with van der Waals surface area (Å²) in [5, 5.41) is 12.0. The van der Waals surface area contributed by atoms with E-state index in [0.29, 0.717) is 24.6 Å². The molecule has 4 fully saturated rings. The third-order valence-electron chi connectivity index (χ3n) is 12.9. The number of aromatic hydroxyl groups is 1. The molecule has 5 aliphatic rings. The molecule has 3 aliphatic heterocycles. The number of imide groups is 2. The number of hydrogen-bond acceptors (Lipinski definition) is 6. The number of carbonyl (C=O) groups is 4. The number of hydrogen-bond donors (Lipinski definition) is 1. The van der Waals surface area contributed by atoms with E-state index in [1.807, 2.05) is 61.5 Å². The fourth-order valence-corrected chi connectivity index (χ4v) is 10.5. The number of halogens is 2. The zero-order valence-electron chi connectivity index (χ0n) is 29.3. The molecule has 9 rings (SSSR count). The third kappa shape index (κ3) is 5.11. The van der Waals surface area contributed by atoms with Crippen LogP contribution in [0.15, 0.2) is 96.6 Å². The van der Waals surface area contributed by atoms with Crippen LogP contribution >= 0.6 is 11.6 Å². The number of phenols is 1. The molecule has 8 nitrogen and oxygen atoms in total. The van der Waals surface area contributed by atoms with Crippen molar-refractivity contribution in [3.8, 4) is 5.75 Å². The Morgan fingerprint density at radius 1 is 0.849 bits per heavy atom. The van der Waals surface area contributed by atoms with E-state index in [9.17, 15) is 28.7 Å². The second kappa shape index (κ2) is 12.6. The molecule has 0 radical (unpaired) electrons. The first kappa shape index (κ1) is 33.9. The molecule has 3 saturated heterocycles. The molecule has 0 spiro atoms. The van der Waals surface area contributed by atoms with Crippen molar-refractivity contribution in [2.45, 2.75) is 51.1 Å². The number of amides is 4. The normalized spacial score (nSPS) is 29.0. The molecule has 53 heavy (non-hydrogen) atoms. The van der Waals surface area contributed by atoms with Crippen LogP contribution in [-0.2, 0) is 25.7 Å². The molecule has 6 atom stereocenters. The molecule has 270 valence electrons. The molecular formula is C43H39ClFN3O5. The van der Waals surface area contributed by atoms with Crippen LogP contribution in [0.3, 0.4) is 0 Å². The maximum absolute atomic E-state index is 14.8. The second-order valence-electron chi connectivity index (χ2n) is 15.5. The number of anilines is 1. The van der Waals surface area contributed by atoms with Gasteiger partial charge in [-0.3, -0.25) is 29.0 Å². The first-order valence-corrected chi connectivity index (χ1v) is 18.8. The van der Waals surface area contributed by atoms with Gasteiger partial charge in [0.2, 0.25) is 23.6 Å². The van der Waals surface area contributed by atoms with Gasteiger partial charge in [-0.2, -0.15) is 0 Å². The van der Waals surface area contributed by atoms with Gasteiger partial charge >= 0.3 is 0 Å². The lowest BCUT2D eigenvalue weighted by Gasteiger charge is -2.49. The van der Waals surface area contributed by atoms with E-state index < -0.39 is 52.6 Å². The summed E-state index contributed by atoms with van der Waals surface area (Å²) in [6.45, 7) is 4.18. The maximum Gasteiger partial charge on any atom is 0.241 e. The molecule has 4 aromatic rings. The lowest BCUT2D eigenvalue weighted by atomic mass is 9.51. The van der Waals surface area contributed by atoms with E-state index in [1.54, 1.807) is 11.0 Å². The predicted octanol–water partition coefficient (Wildman–Crippen LogP) is 7.23. The predicted molar refractivity (Wildman–Crippen MR) is 198 cm³/mol. The second-order valence-corrected chi connectivity index (χ2v) is 15.9. The van der Waals surface area contributed by atoms with Gasteiger partial charge in [-0.05, 0) is 79.3 Å². The third-order valence-corrected chi connectivity index (χ3v) is 13.2. The summed E-state index contributed by atoms with van der Waals surface area (Å²) >= 11 is 6.16. The fraction of sp³-hybridized carbons (Fsp3) is 0.349. The summed E-state index contributed by atoms with van der Waals surface area (Å²) in [6.07, 6.45) is 4.01. The number of rotatable bonds is 5. The summed E-state index contributed by atoms with van der Waals surface area (Å²) < 4.78 is 14.3. The molecule has 0 aromatic heterocycles. The largest absolute Gasteiger partial charge is 0.507 e. The highest BCUT2D eigenvalue weighted by Gasteiger charge is 2.68. The number of benzene rings is 4. The van der Waals surface area contributed by atoms with Crippen LogP contribution in [-0.4, -0.2) is 57.7 Å². The Kier molecular flexibility index (Phi) is 8.09. The minimum atomic E-state index is -1.29. The number of likely N-dealkylation sites (tertiary alicyclic amines) is 2. The zero-order chi connectivity index (χ0) is 36.8. The van der Waals surface area contributed by atoms with Crippen molar-refractivity contribution in [1.82, 2.24) is 9.80 Å². The van der Waals surface area contributed by atoms with E-state index in [4.69, 9.17) is 11.6 Å². The molecule has 1 saturated carbocycles. The Balaban J connectivity index is 1.09. The van der Waals surface area contributed by atoms with E-state index >= 15 is 0 Å². The minimum Gasteiger partial charge on any atom is -0.507 e. The average molecular weight is 732 g/mol. The lowest BCUT2D eigenvalue weighted by Crippen LogP contribution is -2.49. The molecule has 2 aliphatic carbocycles. The molecule has 4 aromatic carbocycles. The van der Waals surface area contributed by atoms with Gasteiger partial charge < -0.3 is 5.11 Å². The average Bonchev–Trinajstić information content (AvgIpc) is 3.53. The Morgan fingerprint density at radius 2 is 1.57 bits per heavy atom. The first-order chi connectivity index (χ1) is 25.6. The van der Waals surface area contributed by atoms with Crippen molar-refractivity contribution in [3.63, 3.8) is 0 Å². The quantitative estimate of drug-likeness (QED) is 0.172. The van der Waals surface area contributed by atoms with Crippen molar-refractivity contribution in [2.24, 2.45) is 29.1 Å². The molecule has 0 bridgehead atoms. The van der Waals surface area contributed by atoms with E-state index in [0.717, 1.165) is 47.1 Å². The van der Waals surface area contributed by atoms with Crippen LogP contribution in [0.5, 0.6) is 5.75 Å². The Morgan fingerprint density at radius 3 is 2.30 bits per heavy atom. The Labute approximate surface area is 311 Å². The summed E-state index contributed by atoms with van der Waals surface area (Å²) in [5.74, 6) is -4.91. The number of nitrogens with zero attached hydrogens (tertiary/aromatic N) is 3. The molecule has 4 amide bonds. The Bertz CT molecular complexity index is 2240. The molecule has 1 N–H and O–H groups in total. The highest BCUT2D eigenvalue weighted by atomic mass is 35.5. The topological polar surface area (TPSA) is 98.2 Å². The number of phenolic OH excluding ortho intramolecular Hbond substituents is 1. The first-order valence-electron chi connectivity index (χ1n) is 18.4. The zero-order valence-corrected chi connectivity index (χ0v) is 30.0. The van der Waals surface area contributed by atoms with Crippen LogP contribution in [0.4, 0.5) is 10.1 Å². The SMILES string of the molecule is CC12C(=O)N(c3ccc(F)c(Cl)c3)C(=O)C1CC1C(=CCC3C(=O)N(C4CCN(Cc5ccccc5)CC4)C(=O)C31)C2c1ccc(O)c2ccccc12. The van der Waals surface area contributed by atoms with Crippen LogP contribution in [0.1, 0.15) is 49.7 Å². The molecular weight excluding hydrogens is 693 g/mol. The highest BCUT2D eigenvalue weighted by molar-refractivity contribution is 6.31. The van der Waals surface area contributed by atoms with Crippen molar-refractivity contribution in [2.75, 3.05) is 18.0 Å². The van der Waals surface area contributed by atoms with Crippen LogP contribution in [0.2, 0.25) is 5.02 Å². The van der Waals surface area contributed by atoms with Crippen LogP contribution < -0.4 is 4.90 Å². The van der Waals surface area contributed by atoms with Crippen LogP contribution in [0.25, 0.3) is 10.8 Å². The van der Waals surface area contributed by atoms with Gasteiger partial charge in [-0.1, -0.05) is 83.9 Å². The van der Waals surface area contributed by atoms with Gasteiger partial charge in [0, 0.05) is 37.0 Å². The van der Waals surface area contributed by atoms with Crippen molar-refractivity contribution >= 4 is 51.7 Å². The van der Waals surface area contributed by atoms with Gasteiger partial charge in [-0.15, -0.1) is 0 Å². The number of allylic oxidation sites excluding steroid dienone is 2. The van der Waals surface area contributed by atoms with Gasteiger partial charge in [0.15, 0.2) is 0 Å². The van der Waals surface area contributed by atoms with Gasteiger partial charge in [0.05, 0.1) is 33.9 Å². The maximum atomic E-state index is 14.8. The van der Waals surface area contributed by atoms with Crippen LogP contribution in [0, 0.1) is 34.9 Å². The smallest absolute Gasteiger partial charge is 0.241 e. The monoisotopic (exact) mass is 731 g/mol. The summed E-state index contributed by atoms with van der Waals surface area (Å²) in [7, 11) is 0. The molecule has 6 unspecified atom stereocenters. The van der Waals surface area contributed by atoms with Gasteiger partial charge in [0.1, 0.15) is 11.6 Å². The van der Waals surface area contributed by atoms with E-state index in [2.05, 4.69) is 17.0 Å². The van der Waals surface area contributed by atoms with Crippen molar-refractivity contribution in [1.29, 1.82) is 0 Å². The number of fused-ring (bicyclic) bond motifs is 5. The molecule has 3 heterocycles. The summed E-state index contributed by atoms with van der Waals surface area (Å²) in [4.78, 5) is 63.3. The van der Waals surface area contributed by atoms with Gasteiger partial charge in [-0.25, -0.2) is 9.29 Å². The number of carbonyl (C=O) groups excluding carboxylic acids is 4. The highest BCUT2D eigenvalue weighted by Crippen LogP contribution is 2.64. The van der Waals surface area contributed by atoms with Crippen molar-refractivity contribution in [3.05, 3.63) is 119 Å². The van der Waals surface area contributed by atoms with Gasteiger partial charge in [0.25, 0.3) is 0 Å². The van der Waals surface area contributed by atoms with E-state index in [1.165, 1.54) is 17.7 Å². The minimum absolute atomic E-state index is 0.0922. The Hall–Kier alpha value is -4.86. The lowest BCUT2D eigenvalue weighted by molar-refractivity contribution is -0.144. The van der Waals surface area contributed by atoms with Crippen molar-refractivity contribution < 1.29 is 28.7 Å². The van der Waals surface area contributed by atoms with E-state index in [-0.39, 0.29) is 40.7 Å². The fourth-order valence-electron chi connectivity index (χ4n) is 10.3.